The van der Waals surface area contributed by atoms with Crippen molar-refractivity contribution in [2.75, 3.05) is 5.73 Å². The molecule has 0 fully saturated rings. The van der Waals surface area contributed by atoms with Gasteiger partial charge in [-0.3, -0.25) is 0 Å². The predicted molar refractivity (Wildman–Crippen MR) is 86.2 cm³/mol. The van der Waals surface area contributed by atoms with Crippen molar-refractivity contribution in [1.29, 1.82) is 0 Å². The fourth-order valence-corrected chi connectivity index (χ4v) is 3.33. The van der Waals surface area contributed by atoms with Crippen molar-refractivity contribution in [1.82, 2.24) is 0 Å². The topological polar surface area (TPSA) is 26.0 Å². The SMILES string of the molecule is Nc1cc(-c2ccc3c4c(cccc24)CC3)ccc1Cl. The lowest BCUT2D eigenvalue weighted by atomic mass is 9.95. The van der Waals surface area contributed by atoms with E-state index < -0.39 is 0 Å². The molecule has 3 aromatic carbocycles. The number of benzene rings is 3. The van der Waals surface area contributed by atoms with Crippen LogP contribution in [0.3, 0.4) is 0 Å². The van der Waals surface area contributed by atoms with Crippen LogP contribution in [-0.2, 0) is 12.8 Å². The normalized spacial score (nSPS) is 13.1. The van der Waals surface area contributed by atoms with Crippen LogP contribution >= 0.6 is 11.6 Å². The van der Waals surface area contributed by atoms with Gasteiger partial charge >= 0.3 is 0 Å². The van der Waals surface area contributed by atoms with Crippen molar-refractivity contribution in [2.45, 2.75) is 12.8 Å². The Labute approximate surface area is 123 Å². The van der Waals surface area contributed by atoms with Crippen LogP contribution in [0.1, 0.15) is 11.1 Å². The van der Waals surface area contributed by atoms with Crippen molar-refractivity contribution < 1.29 is 0 Å². The molecule has 0 aliphatic heterocycles. The van der Waals surface area contributed by atoms with E-state index in [0.29, 0.717) is 10.7 Å². The Morgan fingerprint density at radius 2 is 1.70 bits per heavy atom. The maximum atomic E-state index is 6.02. The van der Waals surface area contributed by atoms with E-state index in [0.717, 1.165) is 18.4 Å². The third-order valence-electron chi connectivity index (χ3n) is 4.18. The Balaban J connectivity index is 2.04. The molecule has 0 saturated carbocycles. The largest absolute Gasteiger partial charge is 0.398 e. The lowest BCUT2D eigenvalue weighted by Crippen LogP contribution is -1.89. The molecule has 0 unspecified atom stereocenters. The highest BCUT2D eigenvalue weighted by Gasteiger charge is 2.16. The van der Waals surface area contributed by atoms with Crippen LogP contribution in [0.2, 0.25) is 5.02 Å². The van der Waals surface area contributed by atoms with E-state index in [1.165, 1.54) is 27.5 Å². The van der Waals surface area contributed by atoms with Gasteiger partial charge in [0.15, 0.2) is 0 Å². The molecular formula is C18H14ClN. The highest BCUT2D eigenvalue weighted by atomic mass is 35.5. The quantitative estimate of drug-likeness (QED) is 0.634. The molecule has 0 radical (unpaired) electrons. The Bertz CT molecular complexity index is 826. The van der Waals surface area contributed by atoms with Gasteiger partial charge in [0.25, 0.3) is 0 Å². The first-order chi connectivity index (χ1) is 9.74. The van der Waals surface area contributed by atoms with Gasteiger partial charge in [-0.1, -0.05) is 48.0 Å². The van der Waals surface area contributed by atoms with Gasteiger partial charge in [0.1, 0.15) is 0 Å². The fraction of sp³-hybridized carbons (Fsp3) is 0.111. The zero-order valence-corrected chi connectivity index (χ0v) is 11.7. The van der Waals surface area contributed by atoms with Gasteiger partial charge in [-0.2, -0.15) is 0 Å². The number of rotatable bonds is 1. The molecule has 98 valence electrons. The molecule has 3 aromatic rings. The Hall–Kier alpha value is -1.99. The number of anilines is 1. The second kappa shape index (κ2) is 4.26. The van der Waals surface area contributed by atoms with Gasteiger partial charge in [0.2, 0.25) is 0 Å². The summed E-state index contributed by atoms with van der Waals surface area (Å²) in [6.45, 7) is 0. The molecule has 0 spiro atoms. The number of nitrogen functional groups attached to an aromatic ring is 1. The summed E-state index contributed by atoms with van der Waals surface area (Å²) in [5.41, 5.74) is 11.9. The molecule has 4 rings (SSSR count). The van der Waals surface area contributed by atoms with Gasteiger partial charge in [-0.25, -0.2) is 0 Å². The zero-order chi connectivity index (χ0) is 13.7. The van der Waals surface area contributed by atoms with E-state index in [2.05, 4.69) is 30.3 Å². The third-order valence-corrected chi connectivity index (χ3v) is 4.53. The minimum absolute atomic E-state index is 0.611. The van der Waals surface area contributed by atoms with Gasteiger partial charge in [0, 0.05) is 0 Å². The first-order valence-electron chi connectivity index (χ1n) is 6.83. The number of nitrogens with two attached hydrogens (primary N) is 1. The summed E-state index contributed by atoms with van der Waals surface area (Å²) in [6, 6.07) is 16.9. The smallest absolute Gasteiger partial charge is 0.0635 e. The Morgan fingerprint density at radius 1 is 0.900 bits per heavy atom. The molecule has 0 saturated heterocycles. The summed E-state index contributed by atoms with van der Waals surface area (Å²) in [6.07, 6.45) is 2.30. The van der Waals surface area contributed by atoms with Crippen LogP contribution in [0.25, 0.3) is 21.9 Å². The first kappa shape index (κ1) is 11.8. The maximum absolute atomic E-state index is 6.02. The molecule has 0 amide bonds. The van der Waals surface area contributed by atoms with Crippen LogP contribution in [0.5, 0.6) is 0 Å². The molecular weight excluding hydrogens is 266 g/mol. The predicted octanol–water partition coefficient (Wildman–Crippen LogP) is 4.84. The van der Waals surface area contributed by atoms with E-state index in [1.54, 1.807) is 0 Å². The van der Waals surface area contributed by atoms with Crippen molar-refractivity contribution in [3.05, 3.63) is 64.7 Å². The van der Waals surface area contributed by atoms with Crippen molar-refractivity contribution in [3.63, 3.8) is 0 Å². The first-order valence-corrected chi connectivity index (χ1v) is 7.21. The minimum Gasteiger partial charge on any atom is -0.398 e. The molecule has 0 heterocycles. The van der Waals surface area contributed by atoms with Crippen molar-refractivity contribution in [3.8, 4) is 11.1 Å². The fourth-order valence-electron chi connectivity index (χ4n) is 3.21. The monoisotopic (exact) mass is 279 g/mol. The highest BCUT2D eigenvalue weighted by molar-refractivity contribution is 6.33. The average molecular weight is 280 g/mol. The second-order valence-electron chi connectivity index (χ2n) is 5.35. The van der Waals surface area contributed by atoms with E-state index in [1.807, 2.05) is 18.2 Å². The standard InChI is InChI=1S/C18H14ClN/c19-16-9-7-13(10-17(16)20)14-8-6-12-5-4-11-2-1-3-15(14)18(11)12/h1-3,6-10H,4-5,20H2. The highest BCUT2D eigenvalue weighted by Crippen LogP contribution is 2.38. The minimum atomic E-state index is 0.611. The molecule has 0 bridgehead atoms. The maximum Gasteiger partial charge on any atom is 0.0635 e. The van der Waals surface area contributed by atoms with Crippen LogP contribution < -0.4 is 5.73 Å². The van der Waals surface area contributed by atoms with Gasteiger partial charge < -0.3 is 5.73 Å². The lowest BCUT2D eigenvalue weighted by molar-refractivity contribution is 1.02. The summed E-state index contributed by atoms with van der Waals surface area (Å²) in [5, 5.41) is 3.36. The molecule has 1 aliphatic rings. The Kier molecular flexibility index (Phi) is 2.51. The molecule has 20 heavy (non-hydrogen) atoms. The zero-order valence-electron chi connectivity index (χ0n) is 11.0. The van der Waals surface area contributed by atoms with Crippen molar-refractivity contribution in [2.24, 2.45) is 0 Å². The van der Waals surface area contributed by atoms with Crippen LogP contribution in [-0.4, -0.2) is 0 Å². The second-order valence-corrected chi connectivity index (χ2v) is 5.76. The number of aryl methyl sites for hydroxylation is 2. The van der Waals surface area contributed by atoms with Crippen LogP contribution in [0.4, 0.5) is 5.69 Å². The van der Waals surface area contributed by atoms with Gasteiger partial charge in [0.05, 0.1) is 10.7 Å². The summed E-state index contributed by atoms with van der Waals surface area (Å²) in [5.74, 6) is 0. The number of halogens is 1. The van der Waals surface area contributed by atoms with E-state index in [9.17, 15) is 0 Å². The molecule has 0 aromatic heterocycles. The molecule has 0 atom stereocenters. The Morgan fingerprint density at radius 3 is 2.50 bits per heavy atom. The molecule has 1 aliphatic carbocycles. The van der Waals surface area contributed by atoms with E-state index >= 15 is 0 Å². The molecule has 2 N–H and O–H groups in total. The number of hydrogen-bond acceptors (Lipinski definition) is 1. The van der Waals surface area contributed by atoms with Gasteiger partial charge in [-0.15, -0.1) is 0 Å². The summed E-state index contributed by atoms with van der Waals surface area (Å²) in [7, 11) is 0. The lowest BCUT2D eigenvalue weighted by Gasteiger charge is -2.10. The van der Waals surface area contributed by atoms with E-state index in [4.69, 9.17) is 17.3 Å². The number of hydrogen-bond donors (Lipinski definition) is 1. The van der Waals surface area contributed by atoms with E-state index in [-0.39, 0.29) is 0 Å². The van der Waals surface area contributed by atoms with Crippen molar-refractivity contribution >= 4 is 28.1 Å². The molecule has 1 nitrogen and oxygen atoms in total. The summed E-state index contributed by atoms with van der Waals surface area (Å²) >= 11 is 6.02. The van der Waals surface area contributed by atoms with Crippen LogP contribution in [0, 0.1) is 0 Å². The molecule has 2 heteroatoms. The van der Waals surface area contributed by atoms with Gasteiger partial charge in [-0.05, 0) is 58.0 Å². The van der Waals surface area contributed by atoms with Crippen LogP contribution in [0.15, 0.2) is 48.5 Å². The third kappa shape index (κ3) is 1.63. The summed E-state index contributed by atoms with van der Waals surface area (Å²) in [4.78, 5) is 0. The summed E-state index contributed by atoms with van der Waals surface area (Å²) < 4.78 is 0. The average Bonchev–Trinajstić information content (AvgIpc) is 2.88.